The second-order valence-electron chi connectivity index (χ2n) is 12.6. The molecule has 5 nitrogen and oxygen atoms in total. The lowest BCUT2D eigenvalue weighted by atomic mass is 10.0. The topological polar surface area (TPSA) is 48.8 Å². The van der Waals surface area contributed by atoms with Crippen molar-refractivity contribution in [2.45, 2.75) is 9.79 Å². The summed E-state index contributed by atoms with van der Waals surface area (Å²) in [6.45, 7) is 0. The summed E-state index contributed by atoms with van der Waals surface area (Å²) >= 11 is 3.65. The molecule has 1 aliphatic heterocycles. The van der Waals surface area contributed by atoms with Crippen LogP contribution in [0.1, 0.15) is 0 Å². The number of para-hydroxylation sites is 4. The number of furan rings is 1. The summed E-state index contributed by atoms with van der Waals surface area (Å²) in [5.74, 6) is 0.584. The number of nitrogens with zero attached hydrogens (tertiary/aromatic N) is 4. The molecule has 0 atom stereocenters. The van der Waals surface area contributed by atoms with Gasteiger partial charge in [-0.15, -0.1) is 11.3 Å². The normalized spacial score (nSPS) is 12.8. The first-order chi connectivity index (χ1) is 24.3. The molecule has 0 N–H and O–H groups in total. The van der Waals surface area contributed by atoms with Crippen molar-refractivity contribution in [2.75, 3.05) is 0 Å². The number of benzene rings is 6. The average Bonchev–Trinajstić information content (AvgIpc) is 3.89. The monoisotopic (exact) mass is 662 g/mol. The molecule has 0 unspecified atom stereocenters. The van der Waals surface area contributed by atoms with Crippen LogP contribution in [0.4, 0.5) is 0 Å². The number of fused-ring (bicyclic) bond motifs is 13. The van der Waals surface area contributed by atoms with Gasteiger partial charge in [-0.25, -0.2) is 4.98 Å². The Hall–Kier alpha value is -5.89. The molecule has 6 heterocycles. The van der Waals surface area contributed by atoms with Crippen LogP contribution in [0.2, 0.25) is 0 Å². The first kappa shape index (κ1) is 26.1. The van der Waals surface area contributed by atoms with Gasteiger partial charge < -0.3 is 4.42 Å². The fraction of sp³-hybridized carbons (Fsp3) is 0. The maximum absolute atomic E-state index is 6.54. The lowest BCUT2D eigenvalue weighted by Gasteiger charge is -2.20. The van der Waals surface area contributed by atoms with Crippen LogP contribution >= 0.6 is 23.1 Å². The Morgan fingerprint density at radius 2 is 1.31 bits per heavy atom. The Bertz CT molecular complexity index is 3220. The van der Waals surface area contributed by atoms with Crippen LogP contribution in [0.15, 0.2) is 148 Å². The van der Waals surface area contributed by atoms with Gasteiger partial charge in [-0.3, -0.25) is 9.13 Å². The number of rotatable bonds is 2. The molecule has 12 rings (SSSR count). The fourth-order valence-electron chi connectivity index (χ4n) is 7.92. The highest BCUT2D eigenvalue weighted by molar-refractivity contribution is 7.99. The van der Waals surface area contributed by atoms with E-state index in [-0.39, 0.29) is 0 Å². The van der Waals surface area contributed by atoms with Crippen molar-refractivity contribution in [3.8, 4) is 22.9 Å². The third kappa shape index (κ3) is 3.40. The van der Waals surface area contributed by atoms with Crippen molar-refractivity contribution in [3.63, 3.8) is 0 Å². The zero-order chi connectivity index (χ0) is 31.8. The molecule has 0 radical (unpaired) electrons. The van der Waals surface area contributed by atoms with E-state index in [9.17, 15) is 0 Å². The highest BCUT2D eigenvalue weighted by Gasteiger charge is 2.29. The summed E-state index contributed by atoms with van der Waals surface area (Å²) in [5.41, 5.74) is 7.77. The van der Waals surface area contributed by atoms with Crippen molar-refractivity contribution in [3.05, 3.63) is 133 Å². The van der Waals surface area contributed by atoms with Crippen LogP contribution in [-0.2, 0) is 0 Å². The van der Waals surface area contributed by atoms with Gasteiger partial charge in [-0.1, -0.05) is 103 Å². The SMILES string of the molecule is c1ccc2c(c1)Sc1cccc3c4c5ccccc5n(-c5nc(-c6ccc7c(c6)sc6ccccc67)c6c(n5)oc5ccccc56)c4n-2c13. The van der Waals surface area contributed by atoms with E-state index in [1.54, 1.807) is 0 Å². The van der Waals surface area contributed by atoms with Gasteiger partial charge in [0.25, 0.3) is 0 Å². The first-order valence-corrected chi connectivity index (χ1v) is 17.9. The van der Waals surface area contributed by atoms with Crippen LogP contribution < -0.4 is 0 Å². The van der Waals surface area contributed by atoms with Crippen molar-refractivity contribution >= 4 is 98.2 Å². The van der Waals surface area contributed by atoms with Crippen molar-refractivity contribution in [1.82, 2.24) is 19.1 Å². The van der Waals surface area contributed by atoms with Crippen LogP contribution in [0.25, 0.3) is 98.0 Å². The Kier molecular flexibility index (Phi) is 5.00. The number of thiophene rings is 1. The van der Waals surface area contributed by atoms with Crippen molar-refractivity contribution < 1.29 is 4.42 Å². The minimum atomic E-state index is 0.579. The molecule has 1 aliphatic rings. The molecular weight excluding hydrogens is 641 g/mol. The van der Waals surface area contributed by atoms with Gasteiger partial charge in [-0.05, 0) is 42.5 Å². The molecule has 6 aromatic carbocycles. The fourth-order valence-corrected chi connectivity index (χ4v) is 10.2. The van der Waals surface area contributed by atoms with E-state index >= 15 is 0 Å². The summed E-state index contributed by atoms with van der Waals surface area (Å²) < 4.78 is 13.7. The molecule has 11 aromatic rings. The summed E-state index contributed by atoms with van der Waals surface area (Å²) in [5, 5.41) is 8.08. The highest BCUT2D eigenvalue weighted by Crippen LogP contribution is 2.49. The Balaban J connectivity index is 1.24. The molecule has 0 saturated carbocycles. The third-order valence-corrected chi connectivity index (χ3v) is 12.2. The van der Waals surface area contributed by atoms with Gasteiger partial charge in [0.1, 0.15) is 11.2 Å². The molecule has 0 bridgehead atoms. The maximum Gasteiger partial charge on any atom is 0.239 e. The van der Waals surface area contributed by atoms with E-state index in [4.69, 9.17) is 14.4 Å². The number of hydrogen-bond donors (Lipinski definition) is 0. The maximum atomic E-state index is 6.54. The number of hydrogen-bond acceptors (Lipinski definition) is 5. The van der Waals surface area contributed by atoms with E-state index in [1.807, 2.05) is 35.2 Å². The summed E-state index contributed by atoms with van der Waals surface area (Å²) in [6, 6.07) is 47.5. The molecule has 228 valence electrons. The lowest BCUT2D eigenvalue weighted by molar-refractivity contribution is 0.651. The molecule has 0 aliphatic carbocycles. The quantitative estimate of drug-likeness (QED) is 0.185. The van der Waals surface area contributed by atoms with Crippen molar-refractivity contribution in [2.24, 2.45) is 0 Å². The van der Waals surface area contributed by atoms with E-state index in [1.165, 1.54) is 51.6 Å². The van der Waals surface area contributed by atoms with E-state index in [0.717, 1.165) is 44.5 Å². The van der Waals surface area contributed by atoms with E-state index < -0.39 is 0 Å². The van der Waals surface area contributed by atoms with Gasteiger partial charge >= 0.3 is 0 Å². The van der Waals surface area contributed by atoms with Gasteiger partial charge in [0.15, 0.2) is 0 Å². The van der Waals surface area contributed by atoms with Crippen LogP contribution in [0.5, 0.6) is 0 Å². The molecule has 0 fully saturated rings. The van der Waals surface area contributed by atoms with Crippen LogP contribution in [0.3, 0.4) is 0 Å². The second kappa shape index (κ2) is 9.38. The Morgan fingerprint density at radius 3 is 2.27 bits per heavy atom. The predicted molar refractivity (Wildman–Crippen MR) is 203 cm³/mol. The molecule has 0 spiro atoms. The molecule has 7 heteroatoms. The molecule has 5 aromatic heterocycles. The lowest BCUT2D eigenvalue weighted by Crippen LogP contribution is -2.08. The average molecular weight is 663 g/mol. The Morgan fingerprint density at radius 1 is 0.551 bits per heavy atom. The van der Waals surface area contributed by atoms with Gasteiger partial charge in [0.2, 0.25) is 11.7 Å². The zero-order valence-electron chi connectivity index (χ0n) is 25.7. The Labute approximate surface area is 286 Å². The summed E-state index contributed by atoms with van der Waals surface area (Å²) in [4.78, 5) is 13.2. The molecule has 0 amide bonds. The second-order valence-corrected chi connectivity index (χ2v) is 14.7. The summed E-state index contributed by atoms with van der Waals surface area (Å²) in [6.07, 6.45) is 0. The van der Waals surface area contributed by atoms with Gasteiger partial charge in [0, 0.05) is 57.1 Å². The minimum Gasteiger partial charge on any atom is -0.437 e. The zero-order valence-corrected chi connectivity index (χ0v) is 27.3. The predicted octanol–water partition coefficient (Wildman–Crippen LogP) is 11.9. The van der Waals surface area contributed by atoms with Gasteiger partial charge in [-0.2, -0.15) is 4.98 Å². The van der Waals surface area contributed by atoms with E-state index in [2.05, 4.69) is 130 Å². The largest absolute Gasteiger partial charge is 0.437 e. The molecule has 0 saturated heterocycles. The highest BCUT2D eigenvalue weighted by atomic mass is 32.2. The minimum absolute atomic E-state index is 0.579. The standard InChI is InChI=1S/C42H22N4OS2/c1-4-14-29-26(11-1)36-28-13-9-19-34-39(28)45(30-15-5-8-18-33(30)49-34)41(36)46(29)42-43-38(37-27-12-2-6-16-31(27)47-40(37)44-42)23-20-21-25-24-10-3-7-17-32(24)48-35(25)22-23/h1-22H. The third-order valence-electron chi connectivity index (χ3n) is 9.96. The van der Waals surface area contributed by atoms with E-state index in [0.29, 0.717) is 11.7 Å². The smallest absolute Gasteiger partial charge is 0.239 e. The van der Waals surface area contributed by atoms with Crippen LogP contribution in [-0.4, -0.2) is 19.1 Å². The molecule has 49 heavy (non-hydrogen) atoms. The molecular formula is C42H22N4OS2. The van der Waals surface area contributed by atoms with Gasteiger partial charge in [0.05, 0.1) is 27.8 Å². The summed E-state index contributed by atoms with van der Waals surface area (Å²) in [7, 11) is 0. The van der Waals surface area contributed by atoms with Crippen molar-refractivity contribution in [1.29, 1.82) is 0 Å². The number of aromatic nitrogens is 4. The first-order valence-electron chi connectivity index (χ1n) is 16.3. The van der Waals surface area contributed by atoms with Crippen LogP contribution in [0, 0.1) is 0 Å².